The Balaban J connectivity index is 1.78. The molecule has 3 aromatic rings. The molecule has 8 bridgehead atoms. The van der Waals surface area contributed by atoms with E-state index in [1.165, 1.54) is 21.3 Å². The van der Waals surface area contributed by atoms with Crippen LogP contribution in [0, 0.1) is 19.8 Å². The van der Waals surface area contributed by atoms with Crippen molar-refractivity contribution >= 4 is 68.7 Å². The van der Waals surface area contributed by atoms with Gasteiger partial charge in [-0.3, -0.25) is 14.4 Å². The molecule has 274 valence electrons. The van der Waals surface area contributed by atoms with Crippen LogP contribution in [0.4, 0.5) is 0 Å². The predicted molar refractivity (Wildman–Crippen MR) is 203 cm³/mol. The lowest BCUT2D eigenvalue weighted by molar-refractivity contribution is -0.149. The minimum Gasteiger partial charge on any atom is -0.481 e. The van der Waals surface area contributed by atoms with Gasteiger partial charge in [0.15, 0.2) is 0 Å². The predicted octanol–water partition coefficient (Wildman–Crippen LogP) is 7.32. The summed E-state index contributed by atoms with van der Waals surface area (Å²) in [5.74, 6) is -3.51. The zero-order chi connectivity index (χ0) is 38.4. The number of carboxylic acids is 1. The van der Waals surface area contributed by atoms with Crippen LogP contribution in [0.3, 0.4) is 0 Å². The Bertz CT molecular complexity index is 2370. The fourth-order valence-corrected chi connectivity index (χ4v) is 7.91. The first-order valence-corrected chi connectivity index (χ1v) is 17.3. The SMILES string of the molecule is C=Cc1c(C)c2cc3cc(cc4[nH]c(cc5nc(cc1[nH]2)C(C)=C5CCC(=O)O)c(CCC(=O)OC)c4C)[C@@]1(C)C3=CC=C(C(=O)OC)C1C(=O)OC. The molecule has 0 saturated carbocycles. The van der Waals surface area contributed by atoms with Crippen molar-refractivity contribution in [2.24, 2.45) is 5.92 Å². The number of fused-ring (bicyclic) bond motifs is 11. The molecule has 4 heterocycles. The second-order valence-corrected chi connectivity index (χ2v) is 13.7. The number of nitrogens with zero attached hydrogens (tertiary/aromatic N) is 1. The van der Waals surface area contributed by atoms with Gasteiger partial charge in [-0.1, -0.05) is 37.8 Å². The summed E-state index contributed by atoms with van der Waals surface area (Å²) in [6.45, 7) is 11.9. The molecule has 0 saturated heterocycles. The van der Waals surface area contributed by atoms with Crippen LogP contribution in [0.5, 0.6) is 0 Å². The molecule has 6 rings (SSSR count). The third-order valence-electron chi connectivity index (χ3n) is 10.9. The fourth-order valence-electron chi connectivity index (χ4n) is 7.91. The number of H-pyrrole nitrogens is 2. The molecular formula is C42H43N3O8. The van der Waals surface area contributed by atoms with E-state index >= 15 is 0 Å². The molecule has 0 amide bonds. The Morgan fingerprint density at radius 3 is 2.21 bits per heavy atom. The van der Waals surface area contributed by atoms with Crippen molar-refractivity contribution in [2.75, 3.05) is 21.3 Å². The number of nitrogens with one attached hydrogen (secondary N) is 2. The number of esters is 3. The molecule has 53 heavy (non-hydrogen) atoms. The summed E-state index contributed by atoms with van der Waals surface area (Å²) in [7, 11) is 3.93. The Labute approximate surface area is 307 Å². The maximum Gasteiger partial charge on any atom is 0.334 e. The molecule has 0 fully saturated rings. The van der Waals surface area contributed by atoms with Crippen LogP contribution < -0.4 is 0 Å². The largest absolute Gasteiger partial charge is 0.481 e. The molecule has 3 aromatic heterocycles. The number of ether oxygens (including phenoxy) is 3. The lowest BCUT2D eigenvalue weighted by Gasteiger charge is -2.38. The molecule has 0 radical (unpaired) electrons. The van der Waals surface area contributed by atoms with Crippen LogP contribution in [-0.2, 0) is 45.2 Å². The van der Waals surface area contributed by atoms with Crippen molar-refractivity contribution < 1.29 is 38.5 Å². The molecule has 1 aliphatic heterocycles. The molecule has 11 heteroatoms. The molecule has 3 aliphatic rings. The minimum absolute atomic E-state index is 0.0754. The highest BCUT2D eigenvalue weighted by Gasteiger charge is 2.52. The normalized spacial score (nSPS) is 17.8. The number of methoxy groups -OCH3 is 3. The van der Waals surface area contributed by atoms with Crippen molar-refractivity contribution in [3.63, 3.8) is 0 Å². The van der Waals surface area contributed by atoms with Gasteiger partial charge in [0.05, 0.1) is 38.3 Å². The summed E-state index contributed by atoms with van der Waals surface area (Å²) < 4.78 is 15.4. The van der Waals surface area contributed by atoms with Gasteiger partial charge in [-0.25, -0.2) is 9.78 Å². The van der Waals surface area contributed by atoms with Gasteiger partial charge in [-0.05, 0) is 102 Å². The van der Waals surface area contributed by atoms with E-state index in [2.05, 4.69) is 16.5 Å². The van der Waals surface area contributed by atoms with Gasteiger partial charge in [0.1, 0.15) is 5.92 Å². The molecule has 0 aromatic carbocycles. The summed E-state index contributed by atoms with van der Waals surface area (Å²) >= 11 is 0. The van der Waals surface area contributed by atoms with E-state index in [0.29, 0.717) is 23.3 Å². The summed E-state index contributed by atoms with van der Waals surface area (Å²) in [6.07, 6.45) is 5.96. The van der Waals surface area contributed by atoms with Crippen LogP contribution in [-0.4, -0.2) is 65.3 Å². The monoisotopic (exact) mass is 717 g/mol. The van der Waals surface area contributed by atoms with Crippen LogP contribution in [0.15, 0.2) is 54.6 Å². The first kappa shape index (κ1) is 36.8. The number of aromatic amines is 2. The number of hydrogen-bond acceptors (Lipinski definition) is 8. The van der Waals surface area contributed by atoms with E-state index < -0.39 is 29.2 Å². The van der Waals surface area contributed by atoms with E-state index in [1.807, 2.05) is 64.1 Å². The smallest absolute Gasteiger partial charge is 0.334 e. The highest BCUT2D eigenvalue weighted by atomic mass is 16.5. The van der Waals surface area contributed by atoms with Gasteiger partial charge in [0, 0.05) is 45.9 Å². The van der Waals surface area contributed by atoms with E-state index in [4.69, 9.17) is 19.2 Å². The first-order valence-electron chi connectivity index (χ1n) is 17.3. The zero-order valence-electron chi connectivity index (χ0n) is 31.0. The summed E-state index contributed by atoms with van der Waals surface area (Å²) in [5.41, 5.74) is 11.1. The number of aliphatic carboxylic acids is 1. The maximum absolute atomic E-state index is 13.7. The number of aromatic nitrogens is 3. The summed E-state index contributed by atoms with van der Waals surface area (Å²) in [6, 6.07) is 9.88. The third kappa shape index (κ3) is 6.30. The molecule has 2 aliphatic carbocycles. The lowest BCUT2D eigenvalue weighted by Crippen LogP contribution is -2.42. The van der Waals surface area contributed by atoms with Crippen LogP contribution in [0.2, 0.25) is 0 Å². The second kappa shape index (κ2) is 14.2. The van der Waals surface area contributed by atoms with Crippen LogP contribution >= 0.6 is 0 Å². The summed E-state index contributed by atoms with van der Waals surface area (Å²) in [4.78, 5) is 63.1. The molecule has 1 unspecified atom stereocenters. The number of carboxylic acid groups (broad SMARTS) is 1. The number of aryl methyl sites for hydroxylation is 3. The Morgan fingerprint density at radius 1 is 0.849 bits per heavy atom. The van der Waals surface area contributed by atoms with Gasteiger partial charge in [-0.2, -0.15) is 0 Å². The Hall–Kier alpha value is -5.97. The second-order valence-electron chi connectivity index (χ2n) is 13.7. The summed E-state index contributed by atoms with van der Waals surface area (Å²) in [5, 5.41) is 9.61. The quantitative estimate of drug-likeness (QED) is 0.152. The van der Waals surface area contributed by atoms with Gasteiger partial charge in [0.2, 0.25) is 0 Å². The third-order valence-corrected chi connectivity index (χ3v) is 10.9. The van der Waals surface area contributed by atoms with Gasteiger partial charge < -0.3 is 29.3 Å². The first-order chi connectivity index (χ1) is 25.3. The number of rotatable bonds is 9. The Kier molecular flexibility index (Phi) is 9.87. The molecule has 11 nitrogen and oxygen atoms in total. The standard InChI is InChI=1S/C42H43N3O8/c1-9-26-21(2)31-17-24-16-25(42(5)30(24)13-10-29(40(49)52-7)39(42)41(50)53-8)18-32-22(3)28(12-15-38(48)51-6)36(44-32)20-35-27(11-14-37(46)47)23(4)33(45-35)19-34(26)43-31/h9-10,13,16-20,39,43-44H,1,11-12,14-15H2,2-8H3,(H,46,47)/t39?,42-/m0/s1. The van der Waals surface area contributed by atoms with E-state index in [-0.39, 0.29) is 30.8 Å². The van der Waals surface area contributed by atoms with Gasteiger partial charge in [0.25, 0.3) is 0 Å². The van der Waals surface area contributed by atoms with Crippen molar-refractivity contribution in [3.05, 3.63) is 99.4 Å². The Morgan fingerprint density at radius 2 is 1.55 bits per heavy atom. The zero-order valence-corrected chi connectivity index (χ0v) is 31.0. The van der Waals surface area contributed by atoms with E-state index in [9.17, 15) is 24.3 Å². The van der Waals surface area contributed by atoms with Crippen molar-refractivity contribution in [1.82, 2.24) is 15.0 Å². The van der Waals surface area contributed by atoms with Gasteiger partial charge in [-0.15, -0.1) is 0 Å². The fraction of sp³-hybridized carbons (Fsp3) is 0.310. The number of carbonyl (C=O) groups excluding carboxylic acids is 3. The molecular weight excluding hydrogens is 674 g/mol. The number of allylic oxidation sites excluding steroid dienone is 5. The van der Waals surface area contributed by atoms with Crippen molar-refractivity contribution in [2.45, 2.75) is 58.8 Å². The highest BCUT2D eigenvalue weighted by molar-refractivity contribution is 6.02. The van der Waals surface area contributed by atoms with Crippen molar-refractivity contribution in [3.8, 4) is 0 Å². The van der Waals surface area contributed by atoms with Gasteiger partial charge >= 0.3 is 23.9 Å². The minimum atomic E-state index is -1.06. The average molecular weight is 718 g/mol. The molecule has 0 spiro atoms. The van der Waals surface area contributed by atoms with Crippen LogP contribution in [0.1, 0.15) is 77.9 Å². The van der Waals surface area contributed by atoms with E-state index in [0.717, 1.165) is 66.7 Å². The topological polar surface area (TPSA) is 161 Å². The number of carbonyl (C=O) groups is 4. The van der Waals surface area contributed by atoms with Crippen molar-refractivity contribution in [1.29, 1.82) is 0 Å². The van der Waals surface area contributed by atoms with E-state index in [1.54, 1.807) is 12.2 Å². The average Bonchev–Trinajstić information content (AvgIpc) is 3.79. The lowest BCUT2D eigenvalue weighted by atomic mass is 9.64. The maximum atomic E-state index is 13.7. The van der Waals surface area contributed by atoms with Crippen LogP contribution in [0.25, 0.3) is 44.9 Å². The number of hydrogen-bond donors (Lipinski definition) is 3. The molecule has 3 N–H and O–H groups in total. The highest BCUT2D eigenvalue weighted by Crippen LogP contribution is 2.54. The molecule has 2 atom stereocenters.